The van der Waals surface area contributed by atoms with Gasteiger partial charge in [0.2, 0.25) is 0 Å². The molecule has 1 fully saturated rings. The second kappa shape index (κ2) is 11.8. The Kier molecular flexibility index (Phi) is 8.16. The summed E-state index contributed by atoms with van der Waals surface area (Å²) in [6.45, 7) is 9.83. The van der Waals surface area contributed by atoms with Crippen LogP contribution >= 0.6 is 0 Å². The molecular weight excluding hydrogens is 590 g/mol. The van der Waals surface area contributed by atoms with Gasteiger partial charge in [-0.25, -0.2) is 14.6 Å². The molecule has 6 rings (SSSR count). The first-order valence-electron chi connectivity index (χ1n) is 16.1. The minimum Gasteiger partial charge on any atom is -0.458 e. The van der Waals surface area contributed by atoms with Gasteiger partial charge >= 0.3 is 18.0 Å². The number of nitrogens with zero attached hydrogens (tertiary/aromatic N) is 2. The molecule has 46 heavy (non-hydrogen) atoms. The number of amides is 1. The van der Waals surface area contributed by atoms with Crippen molar-refractivity contribution >= 4 is 28.9 Å². The number of carbonyl (C=O) groups is 3. The highest BCUT2D eigenvalue weighted by Gasteiger charge is 2.45. The van der Waals surface area contributed by atoms with E-state index in [0.717, 1.165) is 29.4 Å². The molecule has 1 atom stereocenters. The molecule has 4 heterocycles. The second-order valence-electron chi connectivity index (χ2n) is 13.6. The summed E-state index contributed by atoms with van der Waals surface area (Å²) in [6.07, 6.45) is 3.29. The van der Waals surface area contributed by atoms with E-state index in [-0.39, 0.29) is 47.5 Å². The molecule has 2 aromatic heterocycles. The van der Waals surface area contributed by atoms with Crippen LogP contribution in [0.1, 0.15) is 89.0 Å². The van der Waals surface area contributed by atoms with Crippen molar-refractivity contribution in [2.24, 2.45) is 11.8 Å². The van der Waals surface area contributed by atoms with Gasteiger partial charge in [0, 0.05) is 23.1 Å². The van der Waals surface area contributed by atoms with Gasteiger partial charge in [-0.2, -0.15) is 0 Å². The van der Waals surface area contributed by atoms with Gasteiger partial charge in [-0.3, -0.25) is 9.59 Å². The fraction of sp³-hybridized carbons (Fsp3) is 0.514. The fourth-order valence-electron chi connectivity index (χ4n) is 6.95. The standard InChI is InChI=1S/C35H41N3O8/c1-6-22-23-14-21(45-31(40)20-10-8-19(9-11-20)16-36-33(42)46-34(3,4)5)12-13-27(23)37-29-24(22)17-38-28(29)15-26-25(30(38)39)18-44-32(41)35(26,43)7-2/h12-15,19-20,43H,6-11,16-18H2,1-5H3,(H,36,42)/t19?,20?,35-/m0/s1. The van der Waals surface area contributed by atoms with Crippen molar-refractivity contribution < 1.29 is 33.7 Å². The van der Waals surface area contributed by atoms with Crippen LogP contribution in [0, 0.1) is 11.8 Å². The number of hydrogen-bond donors (Lipinski definition) is 2. The van der Waals surface area contributed by atoms with E-state index in [4.69, 9.17) is 19.2 Å². The van der Waals surface area contributed by atoms with Crippen LogP contribution in [0.4, 0.5) is 4.79 Å². The highest BCUT2D eigenvalue weighted by Crippen LogP contribution is 2.41. The molecule has 0 saturated heterocycles. The predicted octanol–water partition coefficient (Wildman–Crippen LogP) is 4.88. The Bertz CT molecular complexity index is 1800. The minimum atomic E-state index is -1.88. The number of fused-ring (bicyclic) bond motifs is 5. The molecule has 1 aliphatic carbocycles. The maximum atomic E-state index is 13.6. The lowest BCUT2D eigenvalue weighted by Gasteiger charge is -2.31. The Labute approximate surface area is 267 Å². The highest BCUT2D eigenvalue weighted by molar-refractivity contribution is 5.90. The Hall–Kier alpha value is -4.25. The summed E-state index contributed by atoms with van der Waals surface area (Å²) in [7, 11) is 0. The Morgan fingerprint density at radius 3 is 2.52 bits per heavy atom. The van der Waals surface area contributed by atoms with Gasteiger partial charge in [0.25, 0.3) is 5.56 Å². The lowest BCUT2D eigenvalue weighted by atomic mass is 9.82. The first-order valence-corrected chi connectivity index (χ1v) is 16.1. The van der Waals surface area contributed by atoms with Crippen LogP contribution < -0.4 is 15.6 Å². The molecule has 3 aliphatic rings. The van der Waals surface area contributed by atoms with Crippen molar-refractivity contribution in [3.8, 4) is 17.1 Å². The molecule has 3 aromatic rings. The minimum absolute atomic E-state index is 0.0776. The van der Waals surface area contributed by atoms with Crippen LogP contribution in [0.2, 0.25) is 0 Å². The molecule has 11 heteroatoms. The van der Waals surface area contributed by atoms with E-state index in [1.165, 1.54) is 0 Å². The SMILES string of the molecule is CCc1c2c(nc3ccc(OC(=O)C4CCC(CNC(=O)OC(C)(C)C)CC4)cc13)-c1cc3c(c(=O)n1C2)COC(=O)[C@]3(O)CC. The third kappa shape index (κ3) is 5.65. The first-order chi connectivity index (χ1) is 21.8. The summed E-state index contributed by atoms with van der Waals surface area (Å²) in [4.78, 5) is 56.2. The van der Waals surface area contributed by atoms with Crippen molar-refractivity contribution in [1.29, 1.82) is 0 Å². The number of rotatable bonds is 6. The average molecular weight is 632 g/mol. The summed E-state index contributed by atoms with van der Waals surface area (Å²) in [6, 6.07) is 7.10. The van der Waals surface area contributed by atoms with E-state index >= 15 is 0 Å². The van der Waals surface area contributed by atoms with Crippen molar-refractivity contribution in [3.63, 3.8) is 0 Å². The lowest BCUT2D eigenvalue weighted by molar-refractivity contribution is -0.172. The number of ether oxygens (including phenoxy) is 3. The highest BCUT2D eigenvalue weighted by atomic mass is 16.6. The first kappa shape index (κ1) is 31.7. The smallest absolute Gasteiger partial charge is 0.407 e. The van der Waals surface area contributed by atoms with Crippen LogP contribution in [-0.2, 0) is 44.2 Å². The number of cyclic esters (lactones) is 1. The van der Waals surface area contributed by atoms with Gasteiger partial charge in [-0.1, -0.05) is 13.8 Å². The number of aliphatic hydroxyl groups is 1. The zero-order valence-corrected chi connectivity index (χ0v) is 27.0. The third-order valence-electron chi connectivity index (χ3n) is 9.46. The fourth-order valence-corrected chi connectivity index (χ4v) is 6.95. The number of alkyl carbamates (subject to hydrolysis) is 1. The summed E-state index contributed by atoms with van der Waals surface area (Å²) >= 11 is 0. The second-order valence-corrected chi connectivity index (χ2v) is 13.6. The predicted molar refractivity (Wildman–Crippen MR) is 169 cm³/mol. The Morgan fingerprint density at radius 2 is 1.85 bits per heavy atom. The Balaban J connectivity index is 1.20. The zero-order valence-electron chi connectivity index (χ0n) is 27.0. The molecule has 0 spiro atoms. The number of aryl methyl sites for hydroxylation is 1. The van der Waals surface area contributed by atoms with E-state index in [0.29, 0.717) is 55.0 Å². The number of hydrogen-bond acceptors (Lipinski definition) is 9. The van der Waals surface area contributed by atoms with Crippen LogP contribution in [0.25, 0.3) is 22.3 Å². The number of nitrogens with one attached hydrogen (secondary N) is 1. The largest absolute Gasteiger partial charge is 0.458 e. The van der Waals surface area contributed by atoms with Crippen LogP contribution in [0.3, 0.4) is 0 Å². The summed E-state index contributed by atoms with van der Waals surface area (Å²) in [5.41, 5.74) is 1.61. The number of pyridine rings is 2. The van der Waals surface area contributed by atoms with Crippen LogP contribution in [0.5, 0.6) is 5.75 Å². The molecule has 11 nitrogen and oxygen atoms in total. The van der Waals surface area contributed by atoms with Crippen LogP contribution in [-0.4, -0.2) is 44.8 Å². The zero-order chi connectivity index (χ0) is 33.0. The summed E-state index contributed by atoms with van der Waals surface area (Å²) in [5, 5.41) is 14.8. The molecule has 1 saturated carbocycles. The molecule has 244 valence electrons. The molecule has 1 amide bonds. The number of esters is 2. The van der Waals surface area contributed by atoms with Gasteiger partial charge in [-0.05, 0) is 95.0 Å². The van der Waals surface area contributed by atoms with Crippen molar-refractivity contribution in [1.82, 2.24) is 14.9 Å². The van der Waals surface area contributed by atoms with Crippen molar-refractivity contribution in [3.05, 3.63) is 56.9 Å². The lowest BCUT2D eigenvalue weighted by Crippen LogP contribution is -2.44. The summed E-state index contributed by atoms with van der Waals surface area (Å²) in [5.74, 6) is -0.522. The third-order valence-corrected chi connectivity index (χ3v) is 9.46. The van der Waals surface area contributed by atoms with Crippen molar-refractivity contribution in [2.45, 2.75) is 97.5 Å². The quantitative estimate of drug-likeness (QED) is 0.225. The molecule has 2 N–H and O–H groups in total. The number of benzene rings is 1. The van der Waals surface area contributed by atoms with Crippen LogP contribution in [0.15, 0.2) is 29.1 Å². The maximum Gasteiger partial charge on any atom is 0.407 e. The van der Waals surface area contributed by atoms with Gasteiger partial charge in [0.1, 0.15) is 18.0 Å². The van der Waals surface area contributed by atoms with Gasteiger partial charge in [0.15, 0.2) is 5.60 Å². The van der Waals surface area contributed by atoms with E-state index in [9.17, 15) is 24.3 Å². The molecule has 2 aliphatic heterocycles. The van der Waals surface area contributed by atoms with E-state index in [1.54, 1.807) is 23.6 Å². The number of carbonyl (C=O) groups excluding carboxylic acids is 3. The van der Waals surface area contributed by atoms with E-state index < -0.39 is 23.3 Å². The Morgan fingerprint density at radius 1 is 1.11 bits per heavy atom. The van der Waals surface area contributed by atoms with Gasteiger partial charge in [0.05, 0.1) is 34.9 Å². The van der Waals surface area contributed by atoms with Crippen molar-refractivity contribution in [2.75, 3.05) is 6.54 Å². The topological polar surface area (TPSA) is 146 Å². The van der Waals surface area contributed by atoms with Gasteiger partial charge < -0.3 is 29.2 Å². The maximum absolute atomic E-state index is 13.6. The van der Waals surface area contributed by atoms with E-state index in [1.807, 2.05) is 39.8 Å². The van der Waals surface area contributed by atoms with Gasteiger partial charge in [-0.15, -0.1) is 0 Å². The normalized spacial score (nSPS) is 22.0. The molecule has 0 radical (unpaired) electrons. The van der Waals surface area contributed by atoms with E-state index in [2.05, 4.69) is 5.32 Å². The molecule has 0 bridgehead atoms. The summed E-state index contributed by atoms with van der Waals surface area (Å²) < 4.78 is 18.0. The monoisotopic (exact) mass is 631 g/mol. The molecule has 1 aromatic carbocycles. The average Bonchev–Trinajstić information content (AvgIpc) is 3.39. The molecular formula is C35H41N3O8. The number of aromatic nitrogens is 2. The molecule has 0 unspecified atom stereocenters.